The maximum atomic E-state index is 12.3. The number of rotatable bonds is 6. The SMILES string of the molecule is CCCC(C)N1CC2(CCN(Cc3cc(-c4ccccc4)no3)CC2)OC1=O. The van der Waals surface area contributed by atoms with Crippen molar-refractivity contribution in [2.24, 2.45) is 0 Å². The zero-order chi connectivity index (χ0) is 19.6. The molecule has 0 radical (unpaired) electrons. The van der Waals surface area contributed by atoms with Gasteiger partial charge in [-0.2, -0.15) is 0 Å². The molecule has 4 rings (SSSR count). The summed E-state index contributed by atoms with van der Waals surface area (Å²) in [5, 5.41) is 4.20. The molecular formula is C22H29N3O3. The van der Waals surface area contributed by atoms with E-state index in [1.807, 2.05) is 41.3 Å². The smallest absolute Gasteiger partial charge is 0.410 e. The van der Waals surface area contributed by atoms with Gasteiger partial charge in [0.1, 0.15) is 11.3 Å². The summed E-state index contributed by atoms with van der Waals surface area (Å²) in [6.07, 6.45) is 3.69. The number of piperidine rings is 1. The van der Waals surface area contributed by atoms with E-state index >= 15 is 0 Å². The third-order valence-corrected chi connectivity index (χ3v) is 6.01. The highest BCUT2D eigenvalue weighted by Crippen LogP contribution is 2.35. The molecule has 1 aromatic carbocycles. The normalized spacial score (nSPS) is 20.5. The lowest BCUT2D eigenvalue weighted by Crippen LogP contribution is -2.47. The summed E-state index contributed by atoms with van der Waals surface area (Å²) in [4.78, 5) is 16.6. The largest absolute Gasteiger partial charge is 0.441 e. The minimum absolute atomic E-state index is 0.142. The second kappa shape index (κ2) is 7.95. The number of nitrogens with zero attached hydrogens (tertiary/aromatic N) is 3. The Bertz CT molecular complexity index is 796. The summed E-state index contributed by atoms with van der Waals surface area (Å²) in [6, 6.07) is 12.3. The van der Waals surface area contributed by atoms with Crippen molar-refractivity contribution in [2.75, 3.05) is 19.6 Å². The molecule has 2 aliphatic rings. The molecular weight excluding hydrogens is 354 g/mol. The third kappa shape index (κ3) is 3.92. The molecule has 0 bridgehead atoms. The fourth-order valence-electron chi connectivity index (χ4n) is 4.29. The predicted octanol–water partition coefficient (Wildman–Crippen LogP) is 4.32. The van der Waals surface area contributed by atoms with Gasteiger partial charge in [-0.1, -0.05) is 48.8 Å². The van der Waals surface area contributed by atoms with Crippen LogP contribution >= 0.6 is 0 Å². The van der Waals surface area contributed by atoms with Gasteiger partial charge in [0.25, 0.3) is 0 Å². The average molecular weight is 383 g/mol. The monoisotopic (exact) mass is 383 g/mol. The molecule has 0 aliphatic carbocycles. The van der Waals surface area contributed by atoms with Crippen LogP contribution in [-0.4, -0.2) is 52.3 Å². The summed E-state index contributed by atoms with van der Waals surface area (Å²) in [5.74, 6) is 0.872. The van der Waals surface area contributed by atoms with E-state index in [1.165, 1.54) is 0 Å². The summed E-state index contributed by atoms with van der Waals surface area (Å²) >= 11 is 0. The Balaban J connectivity index is 1.33. The molecule has 2 saturated heterocycles. The second-order valence-electron chi connectivity index (χ2n) is 8.14. The van der Waals surface area contributed by atoms with Crippen LogP contribution in [0, 0.1) is 0 Å². The van der Waals surface area contributed by atoms with Crippen LogP contribution in [0.5, 0.6) is 0 Å². The van der Waals surface area contributed by atoms with Gasteiger partial charge in [-0.3, -0.25) is 4.90 Å². The van der Waals surface area contributed by atoms with Crippen molar-refractivity contribution in [3.8, 4) is 11.3 Å². The number of amides is 1. The average Bonchev–Trinajstić information content (AvgIpc) is 3.29. The van der Waals surface area contributed by atoms with Crippen LogP contribution in [0.15, 0.2) is 40.9 Å². The number of hydrogen-bond acceptors (Lipinski definition) is 5. The number of carbonyl (C=O) groups excluding carboxylic acids is 1. The maximum Gasteiger partial charge on any atom is 0.410 e. The van der Waals surface area contributed by atoms with Gasteiger partial charge >= 0.3 is 6.09 Å². The van der Waals surface area contributed by atoms with E-state index in [1.54, 1.807) is 0 Å². The summed E-state index contributed by atoms with van der Waals surface area (Å²) < 4.78 is 11.4. The molecule has 0 N–H and O–H groups in total. The van der Waals surface area contributed by atoms with Crippen LogP contribution in [0.1, 0.15) is 45.3 Å². The Labute approximate surface area is 166 Å². The van der Waals surface area contributed by atoms with E-state index < -0.39 is 0 Å². The van der Waals surface area contributed by atoms with Crippen LogP contribution < -0.4 is 0 Å². The molecule has 2 aromatic rings. The first kappa shape index (κ1) is 19.0. The van der Waals surface area contributed by atoms with Crippen LogP contribution in [-0.2, 0) is 11.3 Å². The van der Waals surface area contributed by atoms with Crippen molar-refractivity contribution in [1.82, 2.24) is 15.0 Å². The number of ether oxygens (including phenoxy) is 1. The van der Waals surface area contributed by atoms with Gasteiger partial charge in [-0.25, -0.2) is 4.79 Å². The Morgan fingerprint density at radius 2 is 1.96 bits per heavy atom. The zero-order valence-corrected chi connectivity index (χ0v) is 16.8. The van der Waals surface area contributed by atoms with E-state index in [2.05, 4.69) is 23.9 Å². The first-order chi connectivity index (χ1) is 13.6. The van der Waals surface area contributed by atoms with Gasteiger partial charge in [-0.05, 0) is 13.3 Å². The molecule has 1 amide bonds. The van der Waals surface area contributed by atoms with E-state index in [9.17, 15) is 4.79 Å². The molecule has 2 aliphatic heterocycles. The predicted molar refractivity (Wildman–Crippen MR) is 107 cm³/mol. The minimum Gasteiger partial charge on any atom is -0.441 e. The van der Waals surface area contributed by atoms with Crippen LogP contribution in [0.2, 0.25) is 0 Å². The molecule has 1 aromatic heterocycles. The highest BCUT2D eigenvalue weighted by molar-refractivity contribution is 5.71. The van der Waals surface area contributed by atoms with Crippen LogP contribution in [0.25, 0.3) is 11.3 Å². The van der Waals surface area contributed by atoms with Crippen molar-refractivity contribution in [1.29, 1.82) is 0 Å². The summed E-state index contributed by atoms with van der Waals surface area (Å²) in [7, 11) is 0. The van der Waals surface area contributed by atoms with Gasteiger partial charge in [-0.15, -0.1) is 0 Å². The first-order valence-corrected chi connectivity index (χ1v) is 10.3. The number of carbonyl (C=O) groups is 1. The first-order valence-electron chi connectivity index (χ1n) is 10.3. The molecule has 28 heavy (non-hydrogen) atoms. The Hall–Kier alpha value is -2.34. The standard InChI is InChI=1S/C22H29N3O3/c1-3-7-17(2)25-16-22(27-21(25)26)10-12-24(13-11-22)15-19-14-20(23-28-19)18-8-5-4-6-9-18/h4-6,8-9,14,17H,3,7,10-13,15-16H2,1-2H3. The Morgan fingerprint density at radius 1 is 1.21 bits per heavy atom. The van der Waals surface area contributed by atoms with Gasteiger partial charge < -0.3 is 14.2 Å². The number of likely N-dealkylation sites (tertiary alicyclic amines) is 1. The zero-order valence-electron chi connectivity index (χ0n) is 16.8. The number of hydrogen-bond donors (Lipinski definition) is 0. The molecule has 6 nitrogen and oxygen atoms in total. The highest BCUT2D eigenvalue weighted by atomic mass is 16.6. The molecule has 0 saturated carbocycles. The quantitative estimate of drug-likeness (QED) is 0.744. The van der Waals surface area contributed by atoms with E-state index in [0.717, 1.165) is 68.9 Å². The molecule has 2 fully saturated rings. The molecule has 6 heteroatoms. The summed E-state index contributed by atoms with van der Waals surface area (Å²) in [6.45, 7) is 7.52. The summed E-state index contributed by atoms with van der Waals surface area (Å²) in [5.41, 5.74) is 1.62. The second-order valence-corrected chi connectivity index (χ2v) is 8.14. The van der Waals surface area contributed by atoms with E-state index in [-0.39, 0.29) is 17.7 Å². The fraction of sp³-hybridized carbons (Fsp3) is 0.545. The topological polar surface area (TPSA) is 58.8 Å². The van der Waals surface area contributed by atoms with E-state index in [4.69, 9.17) is 9.26 Å². The van der Waals surface area contributed by atoms with Gasteiger partial charge in [0.05, 0.1) is 13.1 Å². The van der Waals surface area contributed by atoms with Crippen molar-refractivity contribution >= 4 is 6.09 Å². The van der Waals surface area contributed by atoms with Crippen LogP contribution in [0.4, 0.5) is 4.79 Å². The Morgan fingerprint density at radius 3 is 2.68 bits per heavy atom. The van der Waals surface area contributed by atoms with Crippen molar-refractivity contribution < 1.29 is 14.1 Å². The Kier molecular flexibility index (Phi) is 5.40. The van der Waals surface area contributed by atoms with Gasteiger partial charge in [0.2, 0.25) is 0 Å². The minimum atomic E-state index is -0.313. The molecule has 1 spiro atoms. The van der Waals surface area contributed by atoms with Gasteiger partial charge in [0, 0.05) is 43.6 Å². The molecule has 1 unspecified atom stereocenters. The third-order valence-electron chi connectivity index (χ3n) is 6.01. The molecule has 3 heterocycles. The van der Waals surface area contributed by atoms with Crippen molar-refractivity contribution in [3.63, 3.8) is 0 Å². The number of benzene rings is 1. The van der Waals surface area contributed by atoms with Crippen LogP contribution in [0.3, 0.4) is 0 Å². The molecule has 150 valence electrons. The molecule has 1 atom stereocenters. The number of aromatic nitrogens is 1. The lowest BCUT2D eigenvalue weighted by molar-refractivity contribution is -0.00304. The lowest BCUT2D eigenvalue weighted by atomic mass is 9.91. The fourth-order valence-corrected chi connectivity index (χ4v) is 4.29. The van der Waals surface area contributed by atoms with Crippen molar-refractivity contribution in [3.05, 3.63) is 42.2 Å². The van der Waals surface area contributed by atoms with Gasteiger partial charge in [0.15, 0.2) is 5.76 Å². The van der Waals surface area contributed by atoms with E-state index in [0.29, 0.717) is 0 Å². The lowest BCUT2D eigenvalue weighted by Gasteiger charge is -2.37. The highest BCUT2D eigenvalue weighted by Gasteiger charge is 2.48. The maximum absolute atomic E-state index is 12.3. The van der Waals surface area contributed by atoms with Crippen molar-refractivity contribution in [2.45, 2.75) is 57.7 Å².